The fraction of sp³-hybridized carbons (Fsp3) is 0.667. The summed E-state index contributed by atoms with van der Waals surface area (Å²) >= 11 is 0. The first-order chi connectivity index (χ1) is 2.41. The quantitative estimate of drug-likeness (QED) is 0.323. The summed E-state index contributed by atoms with van der Waals surface area (Å²) in [5.74, 6) is 0. The third-order valence-corrected chi connectivity index (χ3v) is 0.211. The number of aliphatic imine (C=N–C) groups is 1. The Morgan fingerprint density at radius 3 is 2.40 bits per heavy atom. The zero-order chi connectivity index (χ0) is 4.12. The average Bonchev–Trinajstić information content (AvgIpc) is 1.41. The Hall–Kier alpha value is -0.530. The molecule has 30 valence electrons. The molecule has 0 unspecified atom stereocenters. The van der Waals surface area contributed by atoms with E-state index in [-0.39, 0.29) is 0 Å². The van der Waals surface area contributed by atoms with Crippen molar-refractivity contribution in [2.24, 2.45) is 4.99 Å². The second kappa shape index (κ2) is 3.47. The maximum absolute atomic E-state index is 4.40. The molecule has 0 aliphatic heterocycles. The summed E-state index contributed by atoms with van der Waals surface area (Å²) in [6.45, 7) is 0. The van der Waals surface area contributed by atoms with Crippen LogP contribution in [0.2, 0.25) is 0 Å². The van der Waals surface area contributed by atoms with Crippen molar-refractivity contribution in [2.75, 3.05) is 14.2 Å². The van der Waals surface area contributed by atoms with Gasteiger partial charge in [0.15, 0.2) is 6.40 Å². The average molecular weight is 73.1 g/mol. The number of rotatable bonds is 1. The van der Waals surface area contributed by atoms with Gasteiger partial charge >= 0.3 is 0 Å². The van der Waals surface area contributed by atoms with Crippen LogP contribution < -0.4 is 0 Å². The molecule has 0 rings (SSSR count). The smallest absolute Gasteiger partial charge is 0.168 e. The molecule has 2 nitrogen and oxygen atoms in total. The van der Waals surface area contributed by atoms with Crippen LogP contribution in [0.4, 0.5) is 0 Å². The van der Waals surface area contributed by atoms with Gasteiger partial charge in [-0.15, -0.1) is 0 Å². The maximum Gasteiger partial charge on any atom is 0.168 e. The van der Waals surface area contributed by atoms with Crippen LogP contribution in [0.5, 0.6) is 0 Å². The highest BCUT2D eigenvalue weighted by atomic mass is 16.5. The highest BCUT2D eigenvalue weighted by Gasteiger charge is 1.47. The van der Waals surface area contributed by atoms with Crippen molar-refractivity contribution in [3.05, 3.63) is 0 Å². The van der Waals surface area contributed by atoms with Crippen molar-refractivity contribution < 1.29 is 4.74 Å². The fourth-order valence-corrected chi connectivity index (χ4v) is 0.105. The van der Waals surface area contributed by atoms with E-state index < -0.39 is 0 Å². The highest BCUT2D eigenvalue weighted by Crippen LogP contribution is 1.48. The molecular formula is C3H7NO. The van der Waals surface area contributed by atoms with Gasteiger partial charge in [0.05, 0.1) is 7.11 Å². The monoisotopic (exact) mass is 73.1 g/mol. The highest BCUT2D eigenvalue weighted by molar-refractivity contribution is 5.45. The van der Waals surface area contributed by atoms with Gasteiger partial charge < -0.3 is 4.74 Å². The predicted octanol–water partition coefficient (Wildman–Crippen LogP) is 0.291. The second-order valence-corrected chi connectivity index (χ2v) is 0.599. The molecule has 0 aromatic rings. The van der Waals surface area contributed by atoms with E-state index in [1.54, 1.807) is 14.2 Å². The lowest BCUT2D eigenvalue weighted by Crippen LogP contribution is -1.71. The molecule has 0 N–H and O–H groups in total. The molecule has 0 heterocycles. The van der Waals surface area contributed by atoms with Crippen LogP contribution in [0, 0.1) is 0 Å². The van der Waals surface area contributed by atoms with E-state index in [0.717, 1.165) is 0 Å². The maximum atomic E-state index is 4.40. The van der Waals surface area contributed by atoms with Gasteiger partial charge in [0.2, 0.25) is 0 Å². The molecule has 0 atom stereocenters. The molecule has 0 saturated carbocycles. The minimum atomic E-state index is 1.38. The van der Waals surface area contributed by atoms with Crippen molar-refractivity contribution in [1.82, 2.24) is 0 Å². The van der Waals surface area contributed by atoms with Crippen LogP contribution in [0.25, 0.3) is 0 Å². The van der Waals surface area contributed by atoms with E-state index in [4.69, 9.17) is 0 Å². The van der Waals surface area contributed by atoms with Gasteiger partial charge in [-0.25, -0.2) is 0 Å². The standard InChI is InChI=1S/C3H7NO/c1-4-3-5-2/h3H,1-2H3. The van der Waals surface area contributed by atoms with Crippen LogP contribution in [0.1, 0.15) is 0 Å². The number of nitrogens with zero attached hydrogens (tertiary/aromatic N) is 1. The lowest BCUT2D eigenvalue weighted by Gasteiger charge is -1.75. The lowest BCUT2D eigenvalue weighted by atomic mass is 11.3. The van der Waals surface area contributed by atoms with Gasteiger partial charge in [0.25, 0.3) is 0 Å². The predicted molar refractivity (Wildman–Crippen MR) is 21.4 cm³/mol. The molecule has 0 amide bonds. The van der Waals surface area contributed by atoms with E-state index in [0.29, 0.717) is 0 Å². The Bertz CT molecular complexity index is 33.9. The Morgan fingerprint density at radius 1 is 1.80 bits per heavy atom. The molecule has 0 aliphatic rings. The Morgan fingerprint density at radius 2 is 2.40 bits per heavy atom. The number of hydrogen-bond acceptors (Lipinski definition) is 2. The SMILES string of the molecule is CN=COC. The summed E-state index contributed by atoms with van der Waals surface area (Å²) in [5, 5.41) is 0. The summed E-state index contributed by atoms with van der Waals surface area (Å²) in [6.07, 6.45) is 1.38. The fourth-order valence-electron chi connectivity index (χ4n) is 0.105. The molecule has 0 aromatic heterocycles. The van der Waals surface area contributed by atoms with Crippen LogP contribution in [-0.2, 0) is 4.74 Å². The molecule has 0 radical (unpaired) electrons. The summed E-state index contributed by atoms with van der Waals surface area (Å²) in [6, 6.07) is 0. The lowest BCUT2D eigenvalue weighted by molar-refractivity contribution is 0.422. The van der Waals surface area contributed by atoms with Crippen molar-refractivity contribution >= 4 is 6.40 Å². The molecule has 5 heavy (non-hydrogen) atoms. The zero-order valence-electron chi connectivity index (χ0n) is 3.43. The minimum absolute atomic E-state index is 1.38. The first-order valence-electron chi connectivity index (χ1n) is 1.35. The Kier molecular flexibility index (Phi) is 3.10. The number of hydrogen-bond donors (Lipinski definition) is 0. The van der Waals surface area contributed by atoms with Gasteiger partial charge in [-0.2, -0.15) is 0 Å². The van der Waals surface area contributed by atoms with E-state index >= 15 is 0 Å². The molecule has 0 fully saturated rings. The van der Waals surface area contributed by atoms with Crippen molar-refractivity contribution in [1.29, 1.82) is 0 Å². The first kappa shape index (κ1) is 4.47. The number of methoxy groups -OCH3 is 1. The third-order valence-electron chi connectivity index (χ3n) is 0.211. The van der Waals surface area contributed by atoms with Gasteiger partial charge in [0.1, 0.15) is 0 Å². The van der Waals surface area contributed by atoms with Gasteiger partial charge in [-0.05, 0) is 0 Å². The van der Waals surface area contributed by atoms with E-state index in [9.17, 15) is 0 Å². The molecule has 0 bridgehead atoms. The van der Waals surface area contributed by atoms with Crippen LogP contribution in [-0.4, -0.2) is 20.6 Å². The van der Waals surface area contributed by atoms with Crippen LogP contribution >= 0.6 is 0 Å². The summed E-state index contributed by atoms with van der Waals surface area (Å²) < 4.78 is 4.40. The Balaban J connectivity index is 2.62. The van der Waals surface area contributed by atoms with E-state index in [1.807, 2.05) is 0 Å². The minimum Gasteiger partial charge on any atom is -0.487 e. The van der Waals surface area contributed by atoms with Crippen molar-refractivity contribution in [3.63, 3.8) is 0 Å². The summed E-state index contributed by atoms with van der Waals surface area (Å²) in [7, 11) is 3.22. The molecule has 0 aliphatic carbocycles. The summed E-state index contributed by atoms with van der Waals surface area (Å²) in [4.78, 5) is 3.51. The normalized spacial score (nSPS) is 9.20. The van der Waals surface area contributed by atoms with Crippen LogP contribution in [0.3, 0.4) is 0 Å². The van der Waals surface area contributed by atoms with E-state index in [1.165, 1.54) is 6.40 Å². The molecular weight excluding hydrogens is 66.0 g/mol. The number of ether oxygens (including phenoxy) is 1. The third kappa shape index (κ3) is 3.47. The molecule has 0 spiro atoms. The van der Waals surface area contributed by atoms with Crippen molar-refractivity contribution in [3.8, 4) is 0 Å². The Labute approximate surface area is 31.5 Å². The topological polar surface area (TPSA) is 21.6 Å². The zero-order valence-corrected chi connectivity index (χ0v) is 3.43. The molecule has 0 aromatic carbocycles. The largest absolute Gasteiger partial charge is 0.487 e. The van der Waals surface area contributed by atoms with Gasteiger partial charge in [0, 0.05) is 7.05 Å². The van der Waals surface area contributed by atoms with Gasteiger partial charge in [-0.3, -0.25) is 4.99 Å². The van der Waals surface area contributed by atoms with Crippen molar-refractivity contribution in [2.45, 2.75) is 0 Å². The second-order valence-electron chi connectivity index (χ2n) is 0.599. The first-order valence-corrected chi connectivity index (χ1v) is 1.35. The van der Waals surface area contributed by atoms with Gasteiger partial charge in [-0.1, -0.05) is 0 Å². The molecule has 2 heteroatoms. The van der Waals surface area contributed by atoms with E-state index in [2.05, 4.69) is 9.73 Å². The summed E-state index contributed by atoms with van der Waals surface area (Å²) in [5.41, 5.74) is 0. The molecule has 0 saturated heterocycles. The van der Waals surface area contributed by atoms with Crippen LogP contribution in [0.15, 0.2) is 4.99 Å².